The quantitative estimate of drug-likeness (QED) is 0.819. The van der Waals surface area contributed by atoms with E-state index in [0.29, 0.717) is 0 Å². The van der Waals surface area contributed by atoms with Crippen LogP contribution in [-0.2, 0) is 16.6 Å². The lowest BCUT2D eigenvalue weighted by Gasteiger charge is -2.25. The molecule has 0 aliphatic carbocycles. The summed E-state index contributed by atoms with van der Waals surface area (Å²) < 4.78 is 39.8. The minimum absolute atomic E-state index is 0.0348. The topological polar surface area (TPSA) is 57.6 Å². The third-order valence-electron chi connectivity index (χ3n) is 2.74. The minimum atomic E-state index is -3.88. The van der Waals surface area contributed by atoms with Gasteiger partial charge in [0.15, 0.2) is 0 Å². The minimum Gasteiger partial charge on any atom is -0.392 e. The van der Waals surface area contributed by atoms with E-state index in [0.717, 1.165) is 6.07 Å². The Morgan fingerprint density at radius 3 is 2.55 bits per heavy atom. The lowest BCUT2D eigenvalue weighted by atomic mass is 10.2. The number of benzene rings is 1. The zero-order valence-corrected chi connectivity index (χ0v) is 12.9. The average molecular weight is 322 g/mol. The lowest BCUT2D eigenvalue weighted by Crippen LogP contribution is -2.37. The van der Waals surface area contributed by atoms with Gasteiger partial charge in [0.05, 0.1) is 16.5 Å². The zero-order valence-electron chi connectivity index (χ0n) is 11.3. The number of hydrogen-bond donors (Lipinski definition) is 1. The molecule has 0 spiro atoms. The van der Waals surface area contributed by atoms with Gasteiger partial charge in [0.2, 0.25) is 10.0 Å². The van der Waals surface area contributed by atoms with Crippen LogP contribution in [-0.4, -0.2) is 30.4 Å². The van der Waals surface area contributed by atoms with E-state index < -0.39 is 22.4 Å². The van der Waals surface area contributed by atoms with Crippen LogP contribution < -0.4 is 0 Å². The van der Waals surface area contributed by atoms with Gasteiger partial charge in [-0.15, -0.1) is 6.58 Å². The summed E-state index contributed by atoms with van der Waals surface area (Å²) in [5.74, 6) is -0.876. The molecule has 0 atom stereocenters. The van der Waals surface area contributed by atoms with E-state index in [9.17, 15) is 12.8 Å². The van der Waals surface area contributed by atoms with Crippen molar-refractivity contribution in [2.45, 2.75) is 31.4 Å². The highest BCUT2D eigenvalue weighted by molar-refractivity contribution is 7.89. The molecule has 0 fully saturated rings. The molecule has 0 unspecified atom stereocenters. The average Bonchev–Trinajstić information content (AvgIpc) is 2.38. The maximum Gasteiger partial charge on any atom is 0.243 e. The SMILES string of the molecule is C=CCN(C(C)C)S(=O)(=O)c1cc(F)c(Cl)c(CO)c1. The summed E-state index contributed by atoms with van der Waals surface area (Å²) in [6.45, 7) is 6.50. The van der Waals surface area contributed by atoms with Crippen LogP contribution in [0.2, 0.25) is 5.02 Å². The Balaban J connectivity index is 3.41. The van der Waals surface area contributed by atoms with Crippen molar-refractivity contribution in [3.63, 3.8) is 0 Å². The second-order valence-electron chi connectivity index (χ2n) is 4.49. The predicted molar refractivity (Wildman–Crippen MR) is 76.6 cm³/mol. The van der Waals surface area contributed by atoms with Gasteiger partial charge < -0.3 is 5.11 Å². The largest absolute Gasteiger partial charge is 0.392 e. The first kappa shape index (κ1) is 17.1. The van der Waals surface area contributed by atoms with Gasteiger partial charge in [-0.1, -0.05) is 17.7 Å². The summed E-state index contributed by atoms with van der Waals surface area (Å²) in [6.07, 6.45) is 1.46. The molecule has 0 aliphatic rings. The van der Waals surface area contributed by atoms with Crippen molar-refractivity contribution in [2.24, 2.45) is 0 Å². The molecule has 0 heterocycles. The molecule has 0 saturated heterocycles. The molecule has 0 bridgehead atoms. The fourth-order valence-corrected chi connectivity index (χ4v) is 3.57. The molecule has 1 aromatic rings. The Morgan fingerprint density at radius 1 is 1.50 bits per heavy atom. The first-order valence-electron chi connectivity index (χ1n) is 5.97. The molecule has 0 amide bonds. The molecule has 0 aliphatic heterocycles. The molecule has 7 heteroatoms. The standard InChI is InChI=1S/C13H17ClFNO3S/c1-4-5-16(9(2)3)20(18,19)11-6-10(8-17)13(14)12(15)7-11/h4,6-7,9,17H,1,5,8H2,2-3H3. The van der Waals surface area contributed by atoms with Crippen molar-refractivity contribution in [3.8, 4) is 0 Å². The van der Waals surface area contributed by atoms with Crippen molar-refractivity contribution in [2.75, 3.05) is 6.54 Å². The highest BCUT2D eigenvalue weighted by Gasteiger charge is 2.27. The van der Waals surface area contributed by atoms with E-state index in [4.69, 9.17) is 16.7 Å². The van der Waals surface area contributed by atoms with Gasteiger partial charge in [0, 0.05) is 18.2 Å². The van der Waals surface area contributed by atoms with Gasteiger partial charge in [0.25, 0.3) is 0 Å². The Bertz CT molecular complexity index is 602. The van der Waals surface area contributed by atoms with E-state index in [1.807, 2.05) is 0 Å². The van der Waals surface area contributed by atoms with Crippen LogP contribution in [0.25, 0.3) is 0 Å². The second-order valence-corrected chi connectivity index (χ2v) is 6.76. The van der Waals surface area contributed by atoms with Crippen LogP contribution in [0.15, 0.2) is 29.7 Å². The van der Waals surface area contributed by atoms with E-state index >= 15 is 0 Å². The van der Waals surface area contributed by atoms with Crippen molar-refractivity contribution in [1.29, 1.82) is 0 Å². The number of sulfonamides is 1. The summed E-state index contributed by atoms with van der Waals surface area (Å²) in [5.41, 5.74) is 0.0348. The van der Waals surface area contributed by atoms with Crippen LogP contribution in [0, 0.1) is 5.82 Å². The molecular weight excluding hydrogens is 305 g/mol. The summed E-state index contributed by atoms with van der Waals surface area (Å²) in [4.78, 5) is -0.237. The fourth-order valence-electron chi connectivity index (χ4n) is 1.73. The molecule has 0 aromatic heterocycles. The Labute approximate surface area is 123 Å². The summed E-state index contributed by atoms with van der Waals surface area (Å²) in [7, 11) is -3.88. The molecule has 1 rings (SSSR count). The van der Waals surface area contributed by atoms with Crippen LogP contribution in [0.4, 0.5) is 4.39 Å². The first-order valence-corrected chi connectivity index (χ1v) is 7.79. The number of aliphatic hydroxyl groups excluding tert-OH is 1. The third kappa shape index (κ3) is 3.38. The lowest BCUT2D eigenvalue weighted by molar-refractivity contribution is 0.281. The summed E-state index contributed by atoms with van der Waals surface area (Å²) >= 11 is 5.66. The maximum absolute atomic E-state index is 13.7. The molecule has 1 aromatic carbocycles. The predicted octanol–water partition coefficient (Wildman–Crippen LogP) is 2.56. The highest BCUT2D eigenvalue weighted by Crippen LogP contribution is 2.27. The second kappa shape index (κ2) is 6.67. The van der Waals surface area contributed by atoms with E-state index in [2.05, 4.69) is 6.58 Å². The van der Waals surface area contributed by atoms with Gasteiger partial charge >= 0.3 is 0 Å². The van der Waals surface area contributed by atoms with Crippen molar-refractivity contribution in [3.05, 3.63) is 41.2 Å². The van der Waals surface area contributed by atoms with E-state index in [1.165, 1.54) is 16.4 Å². The molecule has 112 valence electrons. The van der Waals surface area contributed by atoms with Crippen LogP contribution >= 0.6 is 11.6 Å². The van der Waals surface area contributed by atoms with Crippen molar-refractivity contribution < 1.29 is 17.9 Å². The Hall–Kier alpha value is -0.950. The molecule has 20 heavy (non-hydrogen) atoms. The van der Waals surface area contributed by atoms with Crippen molar-refractivity contribution >= 4 is 21.6 Å². The number of nitrogens with zero attached hydrogens (tertiary/aromatic N) is 1. The molecule has 0 saturated carbocycles. The van der Waals surface area contributed by atoms with Crippen LogP contribution in [0.3, 0.4) is 0 Å². The molecule has 1 N–H and O–H groups in total. The highest BCUT2D eigenvalue weighted by atomic mass is 35.5. The van der Waals surface area contributed by atoms with Crippen molar-refractivity contribution in [1.82, 2.24) is 4.31 Å². The maximum atomic E-state index is 13.7. The Morgan fingerprint density at radius 2 is 2.10 bits per heavy atom. The number of hydrogen-bond acceptors (Lipinski definition) is 3. The van der Waals surface area contributed by atoms with E-state index in [-0.39, 0.29) is 28.1 Å². The number of aliphatic hydroxyl groups is 1. The molecular formula is C13H17ClFNO3S. The van der Waals surface area contributed by atoms with Gasteiger partial charge in [-0.2, -0.15) is 4.31 Å². The molecule has 4 nitrogen and oxygen atoms in total. The summed E-state index contributed by atoms with van der Waals surface area (Å²) in [5, 5.41) is 8.84. The van der Waals surface area contributed by atoms with Gasteiger partial charge in [-0.05, 0) is 26.0 Å². The van der Waals surface area contributed by atoms with Gasteiger partial charge in [0.1, 0.15) is 5.82 Å². The fraction of sp³-hybridized carbons (Fsp3) is 0.385. The first-order chi connectivity index (χ1) is 9.25. The normalized spacial score (nSPS) is 12.2. The van der Waals surface area contributed by atoms with Gasteiger partial charge in [-0.3, -0.25) is 0 Å². The third-order valence-corrected chi connectivity index (χ3v) is 5.18. The van der Waals surface area contributed by atoms with Crippen LogP contribution in [0.1, 0.15) is 19.4 Å². The molecule has 0 radical (unpaired) electrons. The number of rotatable bonds is 6. The summed E-state index contributed by atoms with van der Waals surface area (Å²) in [6, 6.07) is 1.73. The van der Waals surface area contributed by atoms with Crippen LogP contribution in [0.5, 0.6) is 0 Å². The smallest absolute Gasteiger partial charge is 0.243 e. The van der Waals surface area contributed by atoms with E-state index in [1.54, 1.807) is 13.8 Å². The zero-order chi connectivity index (χ0) is 15.5. The Kier molecular flexibility index (Phi) is 5.70. The monoisotopic (exact) mass is 321 g/mol. The van der Waals surface area contributed by atoms with Gasteiger partial charge in [-0.25, -0.2) is 12.8 Å². The number of halogens is 2.